The number of nitrogens with one attached hydrogen (secondary N) is 1. The predicted octanol–water partition coefficient (Wildman–Crippen LogP) is 2.87. The molecule has 2 aromatic carbocycles. The summed E-state index contributed by atoms with van der Waals surface area (Å²) in [7, 11) is 5.82. The Morgan fingerprint density at radius 1 is 1.12 bits per heavy atom. The molecule has 4 nitrogen and oxygen atoms in total. The van der Waals surface area contributed by atoms with Crippen LogP contribution in [0.4, 0.5) is 0 Å². The fraction of sp³-hybridized carbons (Fsp3) is 0.400. The van der Waals surface area contributed by atoms with Crippen molar-refractivity contribution < 1.29 is 9.47 Å². The van der Waals surface area contributed by atoms with Gasteiger partial charge in [-0.2, -0.15) is 0 Å². The van der Waals surface area contributed by atoms with Gasteiger partial charge in [-0.3, -0.25) is 0 Å². The first kappa shape index (κ1) is 16.8. The highest BCUT2D eigenvalue weighted by atomic mass is 16.5. The molecule has 0 saturated heterocycles. The topological polar surface area (TPSA) is 33.7 Å². The molecule has 0 amide bonds. The summed E-state index contributed by atoms with van der Waals surface area (Å²) in [6.07, 6.45) is 1.03. The Morgan fingerprint density at radius 3 is 2.79 bits per heavy atom. The average Bonchev–Trinajstić information content (AvgIpc) is 2.60. The summed E-state index contributed by atoms with van der Waals surface area (Å²) < 4.78 is 11.2. The molecule has 128 valence electrons. The maximum Gasteiger partial charge on any atom is 0.119 e. The van der Waals surface area contributed by atoms with Gasteiger partial charge in [-0.05, 0) is 61.5 Å². The second-order valence-electron chi connectivity index (χ2n) is 6.43. The zero-order valence-corrected chi connectivity index (χ0v) is 14.7. The number of benzene rings is 2. The van der Waals surface area contributed by atoms with Crippen LogP contribution in [0.25, 0.3) is 0 Å². The van der Waals surface area contributed by atoms with E-state index in [2.05, 4.69) is 54.6 Å². The van der Waals surface area contributed by atoms with Gasteiger partial charge in [0.1, 0.15) is 18.1 Å². The molecule has 1 heterocycles. The molecule has 1 N–H and O–H groups in total. The van der Waals surface area contributed by atoms with E-state index in [1.165, 1.54) is 16.7 Å². The lowest BCUT2D eigenvalue weighted by molar-refractivity contribution is 0.261. The van der Waals surface area contributed by atoms with Crippen molar-refractivity contribution in [3.8, 4) is 11.5 Å². The highest BCUT2D eigenvalue weighted by Crippen LogP contribution is 2.32. The van der Waals surface area contributed by atoms with Crippen LogP contribution in [0.1, 0.15) is 22.7 Å². The van der Waals surface area contributed by atoms with E-state index in [0.29, 0.717) is 6.61 Å². The summed E-state index contributed by atoms with van der Waals surface area (Å²) in [5.41, 5.74) is 3.93. The molecule has 1 aliphatic rings. The quantitative estimate of drug-likeness (QED) is 0.885. The summed E-state index contributed by atoms with van der Waals surface area (Å²) in [5.74, 6) is 1.85. The van der Waals surface area contributed by atoms with Crippen molar-refractivity contribution in [1.29, 1.82) is 0 Å². The van der Waals surface area contributed by atoms with Gasteiger partial charge < -0.3 is 19.7 Å². The molecular formula is C20H26N2O2. The minimum atomic E-state index is 0.208. The molecule has 1 unspecified atom stereocenters. The van der Waals surface area contributed by atoms with Gasteiger partial charge in [0.25, 0.3) is 0 Å². The first-order chi connectivity index (χ1) is 11.7. The van der Waals surface area contributed by atoms with Crippen molar-refractivity contribution in [2.75, 3.05) is 40.9 Å². The van der Waals surface area contributed by atoms with Gasteiger partial charge in [-0.1, -0.05) is 18.2 Å². The van der Waals surface area contributed by atoms with E-state index >= 15 is 0 Å². The summed E-state index contributed by atoms with van der Waals surface area (Å²) >= 11 is 0. The standard InChI is InChI=1S/C20H26N2O2/c1-22(2)11-12-24-18-7-8-19-15(13-18)9-10-21-20(19)16-5-4-6-17(14-16)23-3/h4-8,13-14,20-21H,9-12H2,1-3H3. The molecule has 0 fully saturated rings. The molecule has 1 aliphatic heterocycles. The number of hydrogen-bond donors (Lipinski definition) is 1. The van der Waals surface area contributed by atoms with Gasteiger partial charge in [-0.15, -0.1) is 0 Å². The van der Waals surface area contributed by atoms with Gasteiger partial charge in [0.2, 0.25) is 0 Å². The molecule has 0 radical (unpaired) electrons. The van der Waals surface area contributed by atoms with Gasteiger partial charge in [0, 0.05) is 13.1 Å². The summed E-state index contributed by atoms with van der Waals surface area (Å²) in [4.78, 5) is 2.13. The third kappa shape index (κ3) is 3.89. The molecule has 4 heteroatoms. The van der Waals surface area contributed by atoms with Crippen LogP contribution in [0, 0.1) is 0 Å². The van der Waals surface area contributed by atoms with Crippen LogP contribution >= 0.6 is 0 Å². The first-order valence-corrected chi connectivity index (χ1v) is 8.45. The van der Waals surface area contributed by atoms with E-state index in [1.54, 1.807) is 7.11 Å². The molecule has 1 atom stereocenters. The number of methoxy groups -OCH3 is 1. The number of rotatable bonds is 6. The van der Waals surface area contributed by atoms with Crippen LogP contribution < -0.4 is 14.8 Å². The lowest BCUT2D eigenvalue weighted by Gasteiger charge is -2.28. The Hall–Kier alpha value is -2.04. The molecule has 0 aromatic heterocycles. The van der Waals surface area contributed by atoms with E-state index in [-0.39, 0.29) is 6.04 Å². The lowest BCUT2D eigenvalue weighted by Crippen LogP contribution is -2.30. The molecule has 0 spiro atoms. The molecule has 0 aliphatic carbocycles. The average molecular weight is 326 g/mol. The van der Waals surface area contributed by atoms with Crippen LogP contribution in [0.2, 0.25) is 0 Å². The Bertz CT molecular complexity index is 685. The zero-order valence-electron chi connectivity index (χ0n) is 14.7. The zero-order chi connectivity index (χ0) is 16.9. The van der Waals surface area contributed by atoms with Gasteiger partial charge in [0.15, 0.2) is 0 Å². The highest BCUT2D eigenvalue weighted by molar-refractivity contribution is 5.45. The van der Waals surface area contributed by atoms with Crippen molar-refractivity contribution in [2.24, 2.45) is 0 Å². The third-order valence-electron chi connectivity index (χ3n) is 4.40. The minimum Gasteiger partial charge on any atom is -0.497 e. The number of fused-ring (bicyclic) bond motifs is 1. The Balaban J connectivity index is 1.80. The number of likely N-dealkylation sites (N-methyl/N-ethyl adjacent to an activating group) is 1. The van der Waals surface area contributed by atoms with Gasteiger partial charge in [0.05, 0.1) is 13.2 Å². The van der Waals surface area contributed by atoms with Crippen molar-refractivity contribution in [3.05, 3.63) is 59.2 Å². The van der Waals surface area contributed by atoms with E-state index in [4.69, 9.17) is 9.47 Å². The minimum absolute atomic E-state index is 0.208. The van der Waals surface area contributed by atoms with Crippen LogP contribution in [-0.4, -0.2) is 45.8 Å². The normalized spacial score (nSPS) is 16.8. The highest BCUT2D eigenvalue weighted by Gasteiger charge is 2.22. The largest absolute Gasteiger partial charge is 0.497 e. The van der Waals surface area contributed by atoms with E-state index in [9.17, 15) is 0 Å². The predicted molar refractivity (Wildman–Crippen MR) is 97.0 cm³/mol. The smallest absolute Gasteiger partial charge is 0.119 e. The molecule has 24 heavy (non-hydrogen) atoms. The maximum absolute atomic E-state index is 5.88. The molecule has 3 rings (SSSR count). The number of ether oxygens (including phenoxy) is 2. The number of hydrogen-bond acceptors (Lipinski definition) is 4. The third-order valence-corrected chi connectivity index (χ3v) is 4.40. The fourth-order valence-corrected chi connectivity index (χ4v) is 3.10. The molecule has 0 bridgehead atoms. The van der Waals surface area contributed by atoms with Gasteiger partial charge in [-0.25, -0.2) is 0 Å². The van der Waals surface area contributed by atoms with Crippen LogP contribution in [0.3, 0.4) is 0 Å². The Morgan fingerprint density at radius 2 is 2.00 bits per heavy atom. The van der Waals surface area contributed by atoms with Gasteiger partial charge >= 0.3 is 0 Å². The Labute approximate surface area is 144 Å². The van der Waals surface area contributed by atoms with Crippen LogP contribution in [0.15, 0.2) is 42.5 Å². The monoisotopic (exact) mass is 326 g/mol. The lowest BCUT2D eigenvalue weighted by atomic mass is 9.89. The van der Waals surface area contributed by atoms with E-state index in [1.807, 2.05) is 12.1 Å². The Kier molecular flexibility index (Phi) is 5.38. The summed E-state index contributed by atoms with van der Waals surface area (Å²) in [6.45, 7) is 2.60. The van der Waals surface area contributed by atoms with E-state index < -0.39 is 0 Å². The van der Waals surface area contributed by atoms with Crippen LogP contribution in [0.5, 0.6) is 11.5 Å². The fourth-order valence-electron chi connectivity index (χ4n) is 3.10. The van der Waals surface area contributed by atoms with Crippen molar-refractivity contribution in [1.82, 2.24) is 10.2 Å². The second-order valence-corrected chi connectivity index (χ2v) is 6.43. The molecule has 0 saturated carbocycles. The SMILES string of the molecule is COc1cccc(C2NCCc3cc(OCCN(C)C)ccc32)c1. The summed E-state index contributed by atoms with van der Waals surface area (Å²) in [6, 6.07) is 15.0. The number of nitrogens with zero attached hydrogens (tertiary/aromatic N) is 1. The molecular weight excluding hydrogens is 300 g/mol. The van der Waals surface area contributed by atoms with Crippen molar-refractivity contribution in [3.63, 3.8) is 0 Å². The van der Waals surface area contributed by atoms with Crippen molar-refractivity contribution >= 4 is 0 Å². The summed E-state index contributed by atoms with van der Waals surface area (Å²) in [5, 5.41) is 3.62. The van der Waals surface area contributed by atoms with Crippen molar-refractivity contribution in [2.45, 2.75) is 12.5 Å². The molecule has 2 aromatic rings. The second kappa shape index (κ2) is 7.69. The van der Waals surface area contributed by atoms with Crippen LogP contribution in [-0.2, 0) is 6.42 Å². The maximum atomic E-state index is 5.88. The van der Waals surface area contributed by atoms with E-state index in [0.717, 1.165) is 31.0 Å². The first-order valence-electron chi connectivity index (χ1n) is 8.45.